The lowest BCUT2D eigenvalue weighted by atomic mass is 10.1. The van der Waals surface area contributed by atoms with Crippen LogP contribution in [-0.2, 0) is 11.4 Å². The number of imide groups is 1. The van der Waals surface area contributed by atoms with Gasteiger partial charge in [-0.3, -0.25) is 9.59 Å². The van der Waals surface area contributed by atoms with Crippen molar-refractivity contribution in [1.82, 2.24) is 0 Å². The van der Waals surface area contributed by atoms with Gasteiger partial charge in [0.2, 0.25) is 0 Å². The first-order valence-corrected chi connectivity index (χ1v) is 13.1. The average Bonchev–Trinajstić information content (AvgIpc) is 3.09. The molecular weight excluding hydrogens is 597 g/mol. The van der Waals surface area contributed by atoms with Gasteiger partial charge in [-0.05, 0) is 100 Å². The van der Waals surface area contributed by atoms with E-state index in [1.54, 1.807) is 54.6 Å². The zero-order valence-electron chi connectivity index (χ0n) is 18.2. The third kappa shape index (κ3) is 5.98. The quantitative estimate of drug-likeness (QED) is 0.250. The number of carbonyl (C=O) groups excluding carboxylic acids is 2. The number of nitrogens with zero attached hydrogens (tertiary/aromatic N) is 1. The summed E-state index contributed by atoms with van der Waals surface area (Å²) in [5.41, 5.74) is 1.97. The second-order valence-corrected chi connectivity index (χ2v) is 10.4. The number of benzene rings is 3. The van der Waals surface area contributed by atoms with Crippen LogP contribution in [0.3, 0.4) is 0 Å². The largest absolute Gasteiger partial charge is 0.490 e. The summed E-state index contributed by atoms with van der Waals surface area (Å²) in [6, 6.07) is 15.4. The van der Waals surface area contributed by atoms with E-state index in [4.69, 9.17) is 44.3 Å². The van der Waals surface area contributed by atoms with Gasteiger partial charge in [-0.1, -0.05) is 40.9 Å². The maximum absolute atomic E-state index is 13.0. The molecule has 0 radical (unpaired) electrons. The Bertz CT molecular complexity index is 1330. The lowest BCUT2D eigenvalue weighted by molar-refractivity contribution is -0.113. The topological polar surface area (TPSA) is 55.8 Å². The standard InChI is InChI=1S/C25H17BrCl3NO4S/c1-2-33-21-11-15(9-18(26)23(21)34-13-14-3-8-19(28)20(29)10-14)12-22-24(31)30(25(32)35-22)17-6-4-16(27)5-7-17/h3-12H,2,13H2,1H3/b22-12+. The van der Waals surface area contributed by atoms with Crippen molar-refractivity contribution in [2.45, 2.75) is 13.5 Å². The predicted octanol–water partition coefficient (Wildman–Crippen LogP) is 8.63. The molecule has 1 heterocycles. The highest BCUT2D eigenvalue weighted by molar-refractivity contribution is 9.10. The molecule has 3 aromatic rings. The first-order valence-electron chi connectivity index (χ1n) is 10.3. The molecule has 4 rings (SSSR count). The molecule has 0 aliphatic carbocycles. The number of carbonyl (C=O) groups is 2. The molecule has 1 saturated heterocycles. The summed E-state index contributed by atoms with van der Waals surface area (Å²) >= 11 is 22.4. The number of thioether (sulfide) groups is 1. The van der Waals surface area contributed by atoms with Crippen LogP contribution in [0.25, 0.3) is 6.08 Å². The second-order valence-electron chi connectivity index (χ2n) is 7.29. The van der Waals surface area contributed by atoms with Crippen LogP contribution in [0.2, 0.25) is 15.1 Å². The molecule has 0 atom stereocenters. The monoisotopic (exact) mass is 611 g/mol. The van der Waals surface area contributed by atoms with Crippen molar-refractivity contribution in [2.24, 2.45) is 0 Å². The van der Waals surface area contributed by atoms with E-state index in [9.17, 15) is 9.59 Å². The smallest absolute Gasteiger partial charge is 0.298 e. The molecule has 5 nitrogen and oxygen atoms in total. The summed E-state index contributed by atoms with van der Waals surface area (Å²) in [5, 5.41) is 1.05. The van der Waals surface area contributed by atoms with E-state index in [-0.39, 0.29) is 11.8 Å². The van der Waals surface area contributed by atoms with Crippen LogP contribution in [0.5, 0.6) is 11.5 Å². The molecule has 0 spiro atoms. The van der Waals surface area contributed by atoms with Crippen LogP contribution in [0.4, 0.5) is 10.5 Å². The Labute approximate surface area is 230 Å². The van der Waals surface area contributed by atoms with E-state index in [1.807, 2.05) is 13.0 Å². The second kappa shape index (κ2) is 11.3. The Kier molecular flexibility index (Phi) is 8.34. The van der Waals surface area contributed by atoms with Crippen molar-refractivity contribution in [3.8, 4) is 11.5 Å². The van der Waals surface area contributed by atoms with E-state index < -0.39 is 5.91 Å². The molecular formula is C25H17BrCl3NO4S. The summed E-state index contributed by atoms with van der Waals surface area (Å²) in [6.07, 6.45) is 1.65. The fourth-order valence-electron chi connectivity index (χ4n) is 3.29. The third-order valence-corrected chi connectivity index (χ3v) is 7.32. The Morgan fingerprint density at radius 2 is 1.71 bits per heavy atom. The molecule has 1 aliphatic rings. The minimum atomic E-state index is -0.406. The van der Waals surface area contributed by atoms with Gasteiger partial charge in [0, 0.05) is 5.02 Å². The molecule has 0 aromatic heterocycles. The highest BCUT2D eigenvalue weighted by Crippen LogP contribution is 2.40. The lowest BCUT2D eigenvalue weighted by Gasteiger charge is -2.15. The van der Waals surface area contributed by atoms with Gasteiger partial charge < -0.3 is 9.47 Å². The number of anilines is 1. The van der Waals surface area contributed by atoms with Crippen LogP contribution in [0.1, 0.15) is 18.1 Å². The molecule has 3 aromatic carbocycles. The van der Waals surface area contributed by atoms with Gasteiger partial charge in [0.1, 0.15) is 6.61 Å². The third-order valence-electron chi connectivity index (χ3n) is 4.88. The van der Waals surface area contributed by atoms with Gasteiger partial charge in [-0.2, -0.15) is 0 Å². The van der Waals surface area contributed by atoms with E-state index in [1.165, 1.54) is 0 Å². The number of rotatable bonds is 7. The molecule has 0 bridgehead atoms. The summed E-state index contributed by atoms with van der Waals surface area (Å²) in [4.78, 5) is 26.9. The van der Waals surface area contributed by atoms with Crippen molar-refractivity contribution < 1.29 is 19.1 Å². The van der Waals surface area contributed by atoms with Crippen LogP contribution < -0.4 is 14.4 Å². The Morgan fingerprint density at radius 1 is 0.971 bits per heavy atom. The number of halogens is 4. The Balaban J connectivity index is 1.59. The first-order chi connectivity index (χ1) is 16.8. The first kappa shape index (κ1) is 25.9. The van der Waals surface area contributed by atoms with Gasteiger partial charge in [-0.15, -0.1) is 0 Å². The predicted molar refractivity (Wildman–Crippen MR) is 146 cm³/mol. The SMILES string of the molecule is CCOc1cc(/C=C2/SC(=O)N(c3ccc(Cl)cc3)C2=O)cc(Br)c1OCc1ccc(Cl)c(Cl)c1. The lowest BCUT2D eigenvalue weighted by Crippen LogP contribution is -2.27. The Morgan fingerprint density at radius 3 is 2.40 bits per heavy atom. The Hall–Kier alpha value is -2.16. The number of amides is 2. The van der Waals surface area contributed by atoms with Gasteiger partial charge in [0.25, 0.3) is 11.1 Å². The van der Waals surface area contributed by atoms with Gasteiger partial charge >= 0.3 is 0 Å². The van der Waals surface area contributed by atoms with E-state index in [2.05, 4.69) is 15.9 Å². The highest BCUT2D eigenvalue weighted by Gasteiger charge is 2.36. The van der Waals surface area contributed by atoms with Crippen molar-refractivity contribution in [1.29, 1.82) is 0 Å². The molecule has 0 unspecified atom stereocenters. The molecule has 1 aliphatic heterocycles. The van der Waals surface area contributed by atoms with E-state index >= 15 is 0 Å². The molecule has 0 saturated carbocycles. The van der Waals surface area contributed by atoms with Crippen molar-refractivity contribution in [2.75, 3.05) is 11.5 Å². The van der Waals surface area contributed by atoms with Crippen molar-refractivity contribution >= 4 is 85.4 Å². The molecule has 2 amide bonds. The van der Waals surface area contributed by atoms with Gasteiger partial charge in [0.15, 0.2) is 11.5 Å². The van der Waals surface area contributed by atoms with Gasteiger partial charge in [-0.25, -0.2) is 4.90 Å². The van der Waals surface area contributed by atoms with Crippen LogP contribution in [0.15, 0.2) is 64.0 Å². The minimum absolute atomic E-state index is 0.245. The van der Waals surface area contributed by atoms with Crippen LogP contribution >= 0.6 is 62.5 Å². The summed E-state index contributed by atoms with van der Waals surface area (Å²) in [7, 11) is 0. The maximum atomic E-state index is 13.0. The fourth-order valence-corrected chi connectivity index (χ4v) is 5.15. The van der Waals surface area contributed by atoms with Crippen molar-refractivity contribution in [3.05, 3.63) is 90.2 Å². The fraction of sp³-hybridized carbons (Fsp3) is 0.120. The van der Waals surface area contributed by atoms with Crippen LogP contribution in [-0.4, -0.2) is 17.8 Å². The molecule has 0 N–H and O–H groups in total. The summed E-state index contributed by atoms with van der Waals surface area (Å²) in [6.45, 7) is 2.52. The molecule has 10 heteroatoms. The maximum Gasteiger partial charge on any atom is 0.298 e. The van der Waals surface area contributed by atoms with E-state index in [0.717, 1.165) is 22.2 Å². The van der Waals surface area contributed by atoms with E-state index in [0.29, 0.717) is 53.8 Å². The van der Waals surface area contributed by atoms with Gasteiger partial charge in [0.05, 0.1) is 31.7 Å². The summed E-state index contributed by atoms with van der Waals surface area (Å²) < 4.78 is 12.4. The van der Waals surface area contributed by atoms with Crippen molar-refractivity contribution in [3.63, 3.8) is 0 Å². The highest BCUT2D eigenvalue weighted by atomic mass is 79.9. The minimum Gasteiger partial charge on any atom is -0.490 e. The molecule has 1 fully saturated rings. The zero-order valence-corrected chi connectivity index (χ0v) is 22.9. The number of hydrogen-bond donors (Lipinski definition) is 0. The number of ether oxygens (including phenoxy) is 2. The van der Waals surface area contributed by atoms with Crippen LogP contribution in [0, 0.1) is 0 Å². The zero-order chi connectivity index (χ0) is 25.1. The average molecular weight is 614 g/mol. The normalized spacial score (nSPS) is 14.7. The summed E-state index contributed by atoms with van der Waals surface area (Å²) in [5.74, 6) is 0.589. The molecule has 35 heavy (non-hydrogen) atoms. The molecule has 180 valence electrons. The number of hydrogen-bond acceptors (Lipinski definition) is 5.